The maximum absolute atomic E-state index is 13.2. The molecule has 1 unspecified atom stereocenters. The number of phenols is 2. The van der Waals surface area contributed by atoms with Gasteiger partial charge in [0.2, 0.25) is 0 Å². The summed E-state index contributed by atoms with van der Waals surface area (Å²) < 4.78 is 0. The number of hydrogen-bond donors (Lipinski definition) is 2. The molecular weight excluding hydrogens is 376 g/mol. The molecule has 142 valence electrons. The lowest BCUT2D eigenvalue weighted by Crippen LogP contribution is -2.42. The zero-order chi connectivity index (χ0) is 19.8. The fourth-order valence-corrected chi connectivity index (χ4v) is 3.87. The number of benzene rings is 2. The van der Waals surface area contributed by atoms with Gasteiger partial charge in [-0.05, 0) is 61.7 Å². The molecule has 5 nitrogen and oxygen atoms in total. The van der Waals surface area contributed by atoms with Crippen molar-refractivity contribution in [2.45, 2.75) is 25.8 Å². The number of pyridine rings is 1. The first-order valence-electron chi connectivity index (χ1n) is 9.05. The van der Waals surface area contributed by atoms with E-state index < -0.39 is 0 Å². The van der Waals surface area contributed by atoms with Gasteiger partial charge in [-0.25, -0.2) is 0 Å². The van der Waals surface area contributed by atoms with E-state index in [1.165, 1.54) is 18.2 Å². The van der Waals surface area contributed by atoms with E-state index in [1.54, 1.807) is 23.2 Å². The van der Waals surface area contributed by atoms with E-state index in [0.717, 1.165) is 29.7 Å². The summed E-state index contributed by atoms with van der Waals surface area (Å²) in [7, 11) is 0. The molecule has 0 spiro atoms. The molecule has 1 amide bonds. The van der Waals surface area contributed by atoms with Crippen LogP contribution in [0.3, 0.4) is 0 Å². The van der Waals surface area contributed by atoms with E-state index >= 15 is 0 Å². The Balaban J connectivity index is 1.76. The summed E-state index contributed by atoms with van der Waals surface area (Å²) >= 11 is 6.28. The number of amides is 1. The number of hydrogen-bond acceptors (Lipinski definition) is 4. The van der Waals surface area contributed by atoms with Crippen LogP contribution < -0.4 is 4.90 Å². The fourth-order valence-electron chi connectivity index (χ4n) is 3.64. The fraction of sp³-hybridized carbons (Fsp3) is 0.182. The molecule has 0 aliphatic carbocycles. The summed E-state index contributed by atoms with van der Waals surface area (Å²) in [6.07, 6.45) is 3.34. The largest absolute Gasteiger partial charge is 0.508 e. The normalized spacial score (nSPS) is 15.9. The third-order valence-electron chi connectivity index (χ3n) is 5.07. The molecule has 0 saturated carbocycles. The van der Waals surface area contributed by atoms with Crippen LogP contribution in [-0.2, 0) is 6.42 Å². The number of carbonyl (C=O) groups is 1. The predicted octanol–water partition coefficient (Wildman–Crippen LogP) is 4.79. The first-order valence-corrected chi connectivity index (χ1v) is 9.43. The summed E-state index contributed by atoms with van der Waals surface area (Å²) in [5, 5.41) is 20.2. The molecule has 2 N–H and O–H groups in total. The second kappa shape index (κ2) is 7.17. The Bertz CT molecular complexity index is 1070. The average molecular weight is 395 g/mol. The molecule has 1 atom stereocenters. The van der Waals surface area contributed by atoms with Gasteiger partial charge >= 0.3 is 0 Å². The highest BCUT2D eigenvalue weighted by Gasteiger charge is 2.30. The van der Waals surface area contributed by atoms with Gasteiger partial charge in [0.05, 0.1) is 16.3 Å². The second-order valence-corrected chi connectivity index (χ2v) is 7.35. The number of aromatic nitrogens is 1. The number of anilines is 1. The zero-order valence-corrected chi connectivity index (χ0v) is 16.0. The number of rotatable bonds is 2. The Morgan fingerprint density at radius 1 is 1.18 bits per heavy atom. The number of fused-ring (bicyclic) bond motifs is 1. The van der Waals surface area contributed by atoms with Gasteiger partial charge < -0.3 is 15.1 Å². The number of phenolic OH excluding ortho intramolecular Hbond substituents is 2. The molecule has 0 saturated heterocycles. The van der Waals surface area contributed by atoms with E-state index in [4.69, 9.17) is 11.6 Å². The maximum Gasteiger partial charge on any atom is 0.262 e. The van der Waals surface area contributed by atoms with Gasteiger partial charge in [-0.1, -0.05) is 17.7 Å². The standard InChI is InChI=1S/C22H19ClN2O3/c1-13-4-5-14-11-15(21-18(23)3-2-10-24-21)6-9-19(14)25(13)22(28)17-8-7-16(26)12-20(17)27/h2-3,6-13,26-27H,4-5H2,1H3. The van der Waals surface area contributed by atoms with E-state index in [0.29, 0.717) is 10.7 Å². The third kappa shape index (κ3) is 3.18. The summed E-state index contributed by atoms with van der Waals surface area (Å²) in [6, 6.07) is 13.4. The zero-order valence-electron chi connectivity index (χ0n) is 15.3. The Morgan fingerprint density at radius 2 is 2.00 bits per heavy atom. The molecule has 6 heteroatoms. The molecule has 1 aliphatic rings. The van der Waals surface area contributed by atoms with Gasteiger partial charge in [0.1, 0.15) is 11.5 Å². The van der Waals surface area contributed by atoms with Crippen LogP contribution in [0.4, 0.5) is 5.69 Å². The molecule has 0 radical (unpaired) electrons. The van der Waals surface area contributed by atoms with Gasteiger partial charge in [0, 0.05) is 29.6 Å². The molecule has 2 aromatic carbocycles. The minimum atomic E-state index is -0.297. The highest BCUT2D eigenvalue weighted by atomic mass is 35.5. The summed E-state index contributed by atoms with van der Waals surface area (Å²) in [5.41, 5.74) is 3.61. The van der Waals surface area contributed by atoms with Crippen LogP contribution in [0.1, 0.15) is 29.3 Å². The molecule has 0 fully saturated rings. The predicted molar refractivity (Wildman–Crippen MR) is 109 cm³/mol. The lowest BCUT2D eigenvalue weighted by Gasteiger charge is -2.35. The van der Waals surface area contributed by atoms with Gasteiger partial charge in [-0.2, -0.15) is 0 Å². The van der Waals surface area contributed by atoms with Crippen molar-refractivity contribution in [3.63, 3.8) is 0 Å². The highest BCUT2D eigenvalue weighted by Crippen LogP contribution is 2.37. The van der Waals surface area contributed by atoms with Crippen molar-refractivity contribution in [2.75, 3.05) is 4.90 Å². The maximum atomic E-state index is 13.2. The van der Waals surface area contributed by atoms with E-state index in [9.17, 15) is 15.0 Å². The van der Waals surface area contributed by atoms with Crippen LogP contribution in [0.2, 0.25) is 5.02 Å². The van der Waals surface area contributed by atoms with Crippen LogP contribution in [0.15, 0.2) is 54.7 Å². The lowest BCUT2D eigenvalue weighted by atomic mass is 9.93. The van der Waals surface area contributed by atoms with Crippen molar-refractivity contribution < 1.29 is 15.0 Å². The monoisotopic (exact) mass is 394 g/mol. The van der Waals surface area contributed by atoms with Crippen LogP contribution in [0, 0.1) is 0 Å². The Hall–Kier alpha value is -3.05. The van der Waals surface area contributed by atoms with Crippen molar-refractivity contribution in [1.82, 2.24) is 4.98 Å². The quantitative estimate of drug-likeness (QED) is 0.655. The first-order chi connectivity index (χ1) is 13.5. The SMILES string of the molecule is CC1CCc2cc(-c3ncccc3Cl)ccc2N1C(=O)c1ccc(O)cc1O. The van der Waals surface area contributed by atoms with Gasteiger partial charge in [-0.3, -0.25) is 9.78 Å². The average Bonchev–Trinajstić information content (AvgIpc) is 2.67. The number of nitrogens with zero attached hydrogens (tertiary/aromatic N) is 2. The van der Waals surface area contributed by atoms with Crippen LogP contribution in [0.25, 0.3) is 11.3 Å². The number of aryl methyl sites for hydroxylation is 1. The minimum absolute atomic E-state index is 0.0162. The second-order valence-electron chi connectivity index (χ2n) is 6.94. The molecule has 3 aromatic rings. The topological polar surface area (TPSA) is 73.7 Å². The van der Waals surface area contributed by atoms with Crippen molar-refractivity contribution in [1.29, 1.82) is 0 Å². The van der Waals surface area contributed by atoms with E-state index in [1.807, 2.05) is 25.1 Å². The Labute approximate surface area is 167 Å². The number of halogens is 1. The van der Waals surface area contributed by atoms with Gasteiger partial charge in [0.15, 0.2) is 0 Å². The minimum Gasteiger partial charge on any atom is -0.508 e. The molecule has 1 aromatic heterocycles. The molecule has 1 aliphatic heterocycles. The van der Waals surface area contributed by atoms with E-state index in [-0.39, 0.29) is 29.0 Å². The Morgan fingerprint density at radius 3 is 2.75 bits per heavy atom. The highest BCUT2D eigenvalue weighted by molar-refractivity contribution is 6.33. The van der Waals surface area contributed by atoms with Crippen molar-refractivity contribution in [2.24, 2.45) is 0 Å². The van der Waals surface area contributed by atoms with Crippen molar-refractivity contribution in [3.05, 3.63) is 70.9 Å². The van der Waals surface area contributed by atoms with Crippen LogP contribution >= 0.6 is 11.6 Å². The molecule has 2 heterocycles. The van der Waals surface area contributed by atoms with Crippen LogP contribution in [-0.4, -0.2) is 27.1 Å². The molecular formula is C22H19ClN2O3. The lowest BCUT2D eigenvalue weighted by molar-refractivity contribution is 0.0972. The van der Waals surface area contributed by atoms with Crippen molar-refractivity contribution in [3.8, 4) is 22.8 Å². The van der Waals surface area contributed by atoms with Crippen molar-refractivity contribution >= 4 is 23.2 Å². The van der Waals surface area contributed by atoms with Gasteiger partial charge in [0.25, 0.3) is 5.91 Å². The Kier molecular flexibility index (Phi) is 4.69. The summed E-state index contributed by atoms with van der Waals surface area (Å²) in [6.45, 7) is 1.99. The molecule has 4 rings (SSSR count). The third-order valence-corrected chi connectivity index (χ3v) is 5.38. The summed E-state index contributed by atoms with van der Waals surface area (Å²) in [4.78, 5) is 19.2. The van der Waals surface area contributed by atoms with Crippen LogP contribution in [0.5, 0.6) is 11.5 Å². The van der Waals surface area contributed by atoms with E-state index in [2.05, 4.69) is 4.98 Å². The molecule has 28 heavy (non-hydrogen) atoms. The first kappa shape index (κ1) is 18.3. The molecule has 0 bridgehead atoms. The smallest absolute Gasteiger partial charge is 0.262 e. The summed E-state index contributed by atoms with van der Waals surface area (Å²) in [5.74, 6) is -0.617. The van der Waals surface area contributed by atoms with Gasteiger partial charge in [-0.15, -0.1) is 0 Å². The number of carbonyl (C=O) groups excluding carboxylic acids is 1. The number of aromatic hydroxyl groups is 2.